The number of nitrogens with zero attached hydrogens (tertiary/aromatic N) is 1. The minimum atomic E-state index is -5.74. The number of rotatable bonds is 7. The molecular formula is C23H28F3NO7S2. The lowest BCUT2D eigenvalue weighted by Crippen LogP contribution is -2.42. The van der Waals surface area contributed by atoms with Gasteiger partial charge in [-0.3, -0.25) is 4.79 Å². The summed E-state index contributed by atoms with van der Waals surface area (Å²) in [5.74, 6) is -1.17. The monoisotopic (exact) mass is 551 g/mol. The van der Waals surface area contributed by atoms with Crippen molar-refractivity contribution in [1.82, 2.24) is 4.31 Å². The number of hydrogen-bond acceptors (Lipinski definition) is 6. The SMILES string of the molecule is CN(CCC(=O)O)S(=O)(=O)c1ccc2c(c1)CCC1C2CC[C@]2(C)C(OS(=O)(=O)C(F)(F)F)=CCC12. The van der Waals surface area contributed by atoms with E-state index >= 15 is 0 Å². The van der Waals surface area contributed by atoms with Crippen LogP contribution in [0.4, 0.5) is 13.2 Å². The zero-order valence-electron chi connectivity index (χ0n) is 19.8. The van der Waals surface area contributed by atoms with Gasteiger partial charge in [0.05, 0.1) is 11.3 Å². The van der Waals surface area contributed by atoms with Crippen molar-refractivity contribution in [1.29, 1.82) is 0 Å². The van der Waals surface area contributed by atoms with E-state index in [-0.39, 0.29) is 41.4 Å². The molecule has 4 atom stereocenters. The van der Waals surface area contributed by atoms with E-state index in [2.05, 4.69) is 4.18 Å². The number of hydrogen-bond donors (Lipinski definition) is 1. The van der Waals surface area contributed by atoms with E-state index < -0.39 is 37.0 Å². The van der Waals surface area contributed by atoms with Crippen LogP contribution < -0.4 is 0 Å². The molecule has 0 amide bonds. The molecule has 3 unspecified atom stereocenters. The summed E-state index contributed by atoms with van der Waals surface area (Å²) in [4.78, 5) is 10.9. The molecule has 3 aliphatic rings. The fourth-order valence-electron chi connectivity index (χ4n) is 6.10. The van der Waals surface area contributed by atoms with Crippen molar-refractivity contribution >= 4 is 26.1 Å². The van der Waals surface area contributed by atoms with Gasteiger partial charge in [-0.2, -0.15) is 21.6 Å². The van der Waals surface area contributed by atoms with E-state index in [9.17, 15) is 34.8 Å². The maximum atomic E-state index is 12.9. The van der Waals surface area contributed by atoms with Gasteiger partial charge in [0, 0.05) is 19.0 Å². The van der Waals surface area contributed by atoms with Crippen LogP contribution in [0.5, 0.6) is 0 Å². The Morgan fingerprint density at radius 2 is 1.92 bits per heavy atom. The molecule has 0 spiro atoms. The Morgan fingerprint density at radius 3 is 2.56 bits per heavy atom. The van der Waals surface area contributed by atoms with Gasteiger partial charge in [-0.1, -0.05) is 13.0 Å². The summed E-state index contributed by atoms with van der Waals surface area (Å²) >= 11 is 0. The fraction of sp³-hybridized carbons (Fsp3) is 0.609. The summed E-state index contributed by atoms with van der Waals surface area (Å²) in [5.41, 5.74) is -4.44. The van der Waals surface area contributed by atoms with Gasteiger partial charge in [-0.25, -0.2) is 12.7 Å². The van der Waals surface area contributed by atoms with Crippen LogP contribution in [0.2, 0.25) is 0 Å². The molecule has 3 aliphatic carbocycles. The number of halogens is 3. The van der Waals surface area contributed by atoms with Crippen molar-refractivity contribution in [3.8, 4) is 0 Å². The Morgan fingerprint density at radius 1 is 1.22 bits per heavy atom. The number of aliphatic carboxylic acids is 1. The highest BCUT2D eigenvalue weighted by Crippen LogP contribution is 2.61. The maximum Gasteiger partial charge on any atom is 0.534 e. The van der Waals surface area contributed by atoms with Gasteiger partial charge in [-0.15, -0.1) is 0 Å². The van der Waals surface area contributed by atoms with Crippen LogP contribution in [0.15, 0.2) is 34.9 Å². The second kappa shape index (κ2) is 9.02. The molecule has 36 heavy (non-hydrogen) atoms. The van der Waals surface area contributed by atoms with Crippen molar-refractivity contribution in [2.45, 2.75) is 61.8 Å². The van der Waals surface area contributed by atoms with Crippen LogP contribution in [0.3, 0.4) is 0 Å². The molecule has 0 radical (unpaired) electrons. The van der Waals surface area contributed by atoms with Crippen molar-refractivity contribution in [2.24, 2.45) is 17.3 Å². The number of carboxylic acid groups (broad SMARTS) is 1. The lowest BCUT2D eigenvalue weighted by molar-refractivity contribution is -0.137. The predicted octanol–water partition coefficient (Wildman–Crippen LogP) is 4.00. The third-order valence-electron chi connectivity index (χ3n) is 8.04. The van der Waals surface area contributed by atoms with Gasteiger partial charge in [0.1, 0.15) is 5.76 Å². The molecule has 0 aromatic heterocycles. The predicted molar refractivity (Wildman–Crippen MR) is 123 cm³/mol. The van der Waals surface area contributed by atoms with Gasteiger partial charge >= 0.3 is 21.6 Å². The summed E-state index contributed by atoms with van der Waals surface area (Å²) in [6.45, 7) is 1.61. The Labute approximate surface area is 208 Å². The highest BCUT2D eigenvalue weighted by molar-refractivity contribution is 7.89. The van der Waals surface area contributed by atoms with Gasteiger partial charge in [0.25, 0.3) is 0 Å². The van der Waals surface area contributed by atoms with E-state index in [0.717, 1.165) is 15.4 Å². The lowest BCUT2D eigenvalue weighted by atomic mass is 9.55. The molecule has 0 heterocycles. The molecule has 1 aromatic rings. The van der Waals surface area contributed by atoms with E-state index in [0.29, 0.717) is 32.1 Å². The van der Waals surface area contributed by atoms with Crippen LogP contribution in [-0.4, -0.2) is 51.3 Å². The Kier molecular flexibility index (Phi) is 6.74. The number of fused-ring (bicyclic) bond motifs is 5. The number of sulfonamides is 1. The van der Waals surface area contributed by atoms with Crippen molar-refractivity contribution in [3.63, 3.8) is 0 Å². The van der Waals surface area contributed by atoms with Crippen LogP contribution >= 0.6 is 0 Å². The first-order valence-electron chi connectivity index (χ1n) is 11.6. The molecule has 0 aliphatic heterocycles. The van der Waals surface area contributed by atoms with Crippen LogP contribution in [0.25, 0.3) is 0 Å². The van der Waals surface area contributed by atoms with E-state index in [1.165, 1.54) is 19.2 Å². The molecular weight excluding hydrogens is 523 g/mol. The quantitative estimate of drug-likeness (QED) is 0.402. The second-order valence-corrected chi connectivity index (χ2v) is 13.6. The zero-order valence-corrected chi connectivity index (χ0v) is 21.4. The smallest absolute Gasteiger partial charge is 0.481 e. The maximum absolute atomic E-state index is 12.9. The minimum absolute atomic E-state index is 0.0697. The first kappa shape index (κ1) is 26.9. The van der Waals surface area contributed by atoms with Crippen molar-refractivity contribution in [2.75, 3.05) is 13.6 Å². The van der Waals surface area contributed by atoms with Gasteiger partial charge in [-0.05, 0) is 79.2 Å². The summed E-state index contributed by atoms with van der Waals surface area (Å²) < 4.78 is 93.4. The van der Waals surface area contributed by atoms with Crippen molar-refractivity contribution in [3.05, 3.63) is 41.2 Å². The van der Waals surface area contributed by atoms with E-state index in [1.807, 2.05) is 0 Å². The molecule has 0 saturated heterocycles. The molecule has 1 saturated carbocycles. The van der Waals surface area contributed by atoms with E-state index in [4.69, 9.17) is 5.11 Å². The Balaban J connectivity index is 1.55. The number of allylic oxidation sites excluding steroid dienone is 2. The third-order valence-corrected chi connectivity index (χ3v) is 10.9. The molecule has 4 rings (SSSR count). The second-order valence-electron chi connectivity index (χ2n) is 9.99. The standard InChI is InChI=1S/C23H28F3NO7S2/c1-22-11-9-17-16-6-4-15(35(30,31)27(2)12-10-21(28)29)13-14(16)3-5-18(17)19(22)7-8-20(22)34-36(32,33)23(24,25)26/h4,6,8,13,17-19H,3,5,7,9-12H2,1-2H3,(H,28,29)/t17?,18?,19?,22-/m0/s1. The molecule has 8 nitrogen and oxygen atoms in total. The number of alkyl halides is 3. The Bertz CT molecular complexity index is 1310. The highest BCUT2D eigenvalue weighted by Gasteiger charge is 2.56. The van der Waals surface area contributed by atoms with Crippen molar-refractivity contribution < 1.29 is 44.1 Å². The van der Waals surface area contributed by atoms with Crippen LogP contribution in [-0.2, 0) is 35.5 Å². The zero-order chi connectivity index (χ0) is 26.7. The molecule has 1 aromatic carbocycles. The number of carbonyl (C=O) groups is 1. The summed E-state index contributed by atoms with van der Waals surface area (Å²) in [6, 6.07) is 4.92. The number of carboxylic acids is 1. The van der Waals surface area contributed by atoms with Gasteiger partial charge in [0.15, 0.2) is 0 Å². The van der Waals surface area contributed by atoms with Crippen LogP contribution in [0.1, 0.15) is 56.1 Å². The van der Waals surface area contributed by atoms with E-state index in [1.54, 1.807) is 19.1 Å². The lowest BCUT2D eigenvalue weighted by Gasteiger charge is -2.49. The summed E-state index contributed by atoms with van der Waals surface area (Å²) in [6.07, 6.45) is 3.86. The van der Waals surface area contributed by atoms with Crippen LogP contribution in [0, 0.1) is 17.3 Å². The molecule has 200 valence electrons. The molecule has 1 N–H and O–H groups in total. The highest BCUT2D eigenvalue weighted by atomic mass is 32.2. The summed E-state index contributed by atoms with van der Waals surface area (Å²) in [5, 5.41) is 8.84. The first-order chi connectivity index (χ1) is 16.6. The first-order valence-corrected chi connectivity index (χ1v) is 14.4. The molecule has 13 heteroatoms. The summed E-state index contributed by atoms with van der Waals surface area (Å²) in [7, 11) is -8.27. The third kappa shape index (κ3) is 4.53. The average Bonchev–Trinajstić information content (AvgIpc) is 3.11. The normalized spacial score (nSPS) is 28.2. The van der Waals surface area contributed by atoms with Gasteiger partial charge in [0.2, 0.25) is 10.0 Å². The minimum Gasteiger partial charge on any atom is -0.481 e. The fourth-order valence-corrected chi connectivity index (χ4v) is 7.91. The topological polar surface area (TPSA) is 118 Å². The largest absolute Gasteiger partial charge is 0.534 e. The Hall–Kier alpha value is -2.12. The van der Waals surface area contributed by atoms with Gasteiger partial charge < -0.3 is 9.29 Å². The molecule has 1 fully saturated rings. The number of benzene rings is 1. The average molecular weight is 552 g/mol. The molecule has 0 bridgehead atoms. The number of aryl methyl sites for hydroxylation is 1.